The Labute approximate surface area is 196 Å². The molecule has 0 bridgehead atoms. The second-order valence-corrected chi connectivity index (χ2v) is 7.94. The molecule has 34 heavy (non-hydrogen) atoms. The van der Waals surface area contributed by atoms with Gasteiger partial charge < -0.3 is 29.3 Å². The molecule has 0 atom stereocenters. The zero-order valence-corrected chi connectivity index (χ0v) is 18.5. The van der Waals surface area contributed by atoms with Gasteiger partial charge in [-0.1, -0.05) is 30.3 Å². The first kappa shape index (κ1) is 21.6. The van der Waals surface area contributed by atoms with E-state index in [0.29, 0.717) is 48.9 Å². The van der Waals surface area contributed by atoms with Gasteiger partial charge in [0.25, 0.3) is 5.91 Å². The van der Waals surface area contributed by atoms with Crippen LogP contribution in [0.1, 0.15) is 15.9 Å². The van der Waals surface area contributed by atoms with E-state index in [4.69, 9.17) is 14.2 Å². The SMILES string of the molecule is O=C(Nc1ccc(N2CCN(C(=O)OCc3ccccc3)CC2)nc1)c1ccc2c(c1)OCO2. The minimum atomic E-state index is -0.307. The normalized spacial score (nSPS) is 14.6. The van der Waals surface area contributed by atoms with E-state index in [1.807, 2.05) is 42.5 Å². The van der Waals surface area contributed by atoms with Gasteiger partial charge in [0.05, 0.1) is 11.9 Å². The first-order chi connectivity index (χ1) is 16.7. The average molecular weight is 460 g/mol. The molecule has 5 rings (SSSR count). The van der Waals surface area contributed by atoms with Crippen LogP contribution in [0, 0.1) is 0 Å². The molecule has 0 saturated carbocycles. The minimum absolute atomic E-state index is 0.162. The maximum absolute atomic E-state index is 12.5. The number of benzene rings is 2. The molecule has 0 radical (unpaired) electrons. The van der Waals surface area contributed by atoms with Crippen LogP contribution >= 0.6 is 0 Å². The number of rotatable bonds is 5. The molecule has 1 aromatic heterocycles. The van der Waals surface area contributed by atoms with Gasteiger partial charge in [-0.15, -0.1) is 0 Å². The second kappa shape index (κ2) is 9.70. The zero-order valence-electron chi connectivity index (χ0n) is 18.5. The Kier molecular flexibility index (Phi) is 6.15. The van der Waals surface area contributed by atoms with Crippen molar-refractivity contribution in [3.8, 4) is 11.5 Å². The molecule has 2 aliphatic heterocycles. The van der Waals surface area contributed by atoms with Gasteiger partial charge in [-0.05, 0) is 35.9 Å². The molecule has 1 N–H and O–H groups in total. The lowest BCUT2D eigenvalue weighted by Gasteiger charge is -2.34. The van der Waals surface area contributed by atoms with E-state index in [1.165, 1.54) is 0 Å². The van der Waals surface area contributed by atoms with Gasteiger partial charge in [0, 0.05) is 31.7 Å². The van der Waals surface area contributed by atoms with E-state index in [0.717, 1.165) is 11.4 Å². The number of fused-ring (bicyclic) bond motifs is 1. The molecule has 2 aliphatic rings. The zero-order chi connectivity index (χ0) is 23.3. The largest absolute Gasteiger partial charge is 0.454 e. The quantitative estimate of drug-likeness (QED) is 0.623. The number of hydrogen-bond acceptors (Lipinski definition) is 7. The van der Waals surface area contributed by atoms with Crippen molar-refractivity contribution < 1.29 is 23.8 Å². The molecule has 9 heteroatoms. The third-order valence-electron chi connectivity index (χ3n) is 5.71. The highest BCUT2D eigenvalue weighted by molar-refractivity contribution is 6.04. The minimum Gasteiger partial charge on any atom is -0.454 e. The molecule has 1 saturated heterocycles. The standard InChI is InChI=1S/C25H24N4O5/c30-24(19-6-8-21-22(14-19)34-17-33-21)27-20-7-9-23(26-15-20)28-10-12-29(13-11-28)25(31)32-16-18-4-2-1-3-5-18/h1-9,14-15H,10-13,16-17H2,(H,27,30). The highest BCUT2D eigenvalue weighted by Gasteiger charge is 2.23. The van der Waals surface area contributed by atoms with Gasteiger partial charge in [0.1, 0.15) is 12.4 Å². The molecule has 9 nitrogen and oxygen atoms in total. The lowest BCUT2D eigenvalue weighted by atomic mass is 10.2. The summed E-state index contributed by atoms with van der Waals surface area (Å²) in [5.74, 6) is 1.73. The van der Waals surface area contributed by atoms with Crippen LogP contribution in [0.25, 0.3) is 0 Å². The van der Waals surface area contributed by atoms with Crippen molar-refractivity contribution in [1.29, 1.82) is 0 Å². The summed E-state index contributed by atoms with van der Waals surface area (Å²) >= 11 is 0. The Balaban J connectivity index is 1.11. The number of hydrogen-bond donors (Lipinski definition) is 1. The van der Waals surface area contributed by atoms with E-state index < -0.39 is 0 Å². The first-order valence-corrected chi connectivity index (χ1v) is 11.0. The number of anilines is 2. The molecule has 174 valence electrons. The van der Waals surface area contributed by atoms with Crippen molar-refractivity contribution in [2.24, 2.45) is 0 Å². The van der Waals surface area contributed by atoms with Gasteiger partial charge in [0.2, 0.25) is 6.79 Å². The number of piperazine rings is 1. The van der Waals surface area contributed by atoms with Crippen LogP contribution in [0.4, 0.5) is 16.3 Å². The topological polar surface area (TPSA) is 93.2 Å². The number of carbonyl (C=O) groups is 2. The number of carbonyl (C=O) groups excluding carboxylic acids is 2. The van der Waals surface area contributed by atoms with Gasteiger partial charge in [0.15, 0.2) is 11.5 Å². The molecule has 1 fully saturated rings. The fourth-order valence-corrected chi connectivity index (χ4v) is 3.82. The summed E-state index contributed by atoms with van der Waals surface area (Å²) in [4.78, 5) is 33.2. The molecule has 0 aliphatic carbocycles. The highest BCUT2D eigenvalue weighted by Crippen LogP contribution is 2.32. The van der Waals surface area contributed by atoms with Crippen LogP contribution in [0.3, 0.4) is 0 Å². The second-order valence-electron chi connectivity index (χ2n) is 7.94. The van der Waals surface area contributed by atoms with E-state index in [-0.39, 0.29) is 25.4 Å². The number of nitrogens with zero attached hydrogens (tertiary/aromatic N) is 3. The summed E-state index contributed by atoms with van der Waals surface area (Å²) in [5.41, 5.74) is 2.03. The maximum Gasteiger partial charge on any atom is 0.410 e. The van der Waals surface area contributed by atoms with Gasteiger partial charge in [-0.25, -0.2) is 9.78 Å². The number of aromatic nitrogens is 1. The van der Waals surface area contributed by atoms with Crippen molar-refractivity contribution in [2.75, 3.05) is 43.2 Å². The van der Waals surface area contributed by atoms with Gasteiger partial charge in [-0.3, -0.25) is 4.79 Å². The number of nitrogens with one attached hydrogen (secondary N) is 1. The van der Waals surface area contributed by atoms with Crippen LogP contribution in [0.2, 0.25) is 0 Å². The molecule has 2 amide bonds. The molecule has 0 spiro atoms. The van der Waals surface area contributed by atoms with E-state index >= 15 is 0 Å². The molecule has 2 aromatic carbocycles. The Morgan fingerprint density at radius 3 is 2.50 bits per heavy atom. The van der Waals surface area contributed by atoms with Crippen LogP contribution < -0.4 is 19.7 Å². The molecular formula is C25H24N4O5. The first-order valence-electron chi connectivity index (χ1n) is 11.0. The van der Waals surface area contributed by atoms with Crippen molar-refractivity contribution in [2.45, 2.75) is 6.61 Å². The lowest BCUT2D eigenvalue weighted by molar-refractivity contribution is 0.0941. The summed E-state index contributed by atoms with van der Waals surface area (Å²) in [5, 5.41) is 2.84. The summed E-state index contributed by atoms with van der Waals surface area (Å²) in [6.07, 6.45) is 1.32. The van der Waals surface area contributed by atoms with Crippen molar-refractivity contribution in [3.05, 3.63) is 78.0 Å². The van der Waals surface area contributed by atoms with E-state index in [1.54, 1.807) is 29.3 Å². The van der Waals surface area contributed by atoms with Gasteiger partial charge in [-0.2, -0.15) is 0 Å². The Bertz CT molecular complexity index is 1160. The van der Waals surface area contributed by atoms with Crippen molar-refractivity contribution >= 4 is 23.5 Å². The Hall–Kier alpha value is -4.27. The maximum atomic E-state index is 12.5. The lowest BCUT2D eigenvalue weighted by Crippen LogP contribution is -2.49. The highest BCUT2D eigenvalue weighted by atomic mass is 16.7. The smallest absolute Gasteiger partial charge is 0.410 e. The van der Waals surface area contributed by atoms with Crippen molar-refractivity contribution in [1.82, 2.24) is 9.88 Å². The van der Waals surface area contributed by atoms with E-state index in [9.17, 15) is 9.59 Å². The Morgan fingerprint density at radius 1 is 0.941 bits per heavy atom. The van der Waals surface area contributed by atoms with E-state index in [2.05, 4.69) is 15.2 Å². The molecule has 3 heterocycles. The van der Waals surface area contributed by atoms with Crippen LogP contribution in [-0.4, -0.2) is 54.9 Å². The summed E-state index contributed by atoms with van der Waals surface area (Å²) in [6, 6.07) is 18.4. The molecule has 0 unspecified atom stereocenters. The van der Waals surface area contributed by atoms with Crippen LogP contribution in [0.5, 0.6) is 11.5 Å². The average Bonchev–Trinajstić information content (AvgIpc) is 3.36. The predicted molar refractivity (Wildman–Crippen MR) is 125 cm³/mol. The number of pyridine rings is 1. The molecular weight excluding hydrogens is 436 g/mol. The summed E-state index contributed by atoms with van der Waals surface area (Å²) < 4.78 is 16.0. The van der Waals surface area contributed by atoms with Crippen LogP contribution in [-0.2, 0) is 11.3 Å². The Morgan fingerprint density at radius 2 is 1.74 bits per heavy atom. The fourth-order valence-electron chi connectivity index (χ4n) is 3.82. The van der Waals surface area contributed by atoms with Crippen molar-refractivity contribution in [3.63, 3.8) is 0 Å². The summed E-state index contributed by atoms with van der Waals surface area (Å²) in [6.45, 7) is 2.83. The van der Waals surface area contributed by atoms with Crippen LogP contribution in [0.15, 0.2) is 66.9 Å². The fraction of sp³-hybridized carbons (Fsp3) is 0.240. The number of amides is 2. The molecule has 3 aromatic rings. The third-order valence-corrected chi connectivity index (χ3v) is 5.71. The van der Waals surface area contributed by atoms with Gasteiger partial charge >= 0.3 is 6.09 Å². The summed E-state index contributed by atoms with van der Waals surface area (Å²) in [7, 11) is 0. The third kappa shape index (κ3) is 4.88. The predicted octanol–water partition coefficient (Wildman–Crippen LogP) is 3.52. The monoisotopic (exact) mass is 460 g/mol. The number of ether oxygens (including phenoxy) is 3.